The Hall–Kier alpha value is -1.86. The molecule has 0 amide bonds. The van der Waals surface area contributed by atoms with Gasteiger partial charge < -0.3 is 0 Å². The summed E-state index contributed by atoms with van der Waals surface area (Å²) in [6.07, 6.45) is 0. The summed E-state index contributed by atoms with van der Waals surface area (Å²) in [6.45, 7) is 0. The molecule has 0 atom stereocenters. The second-order valence-electron chi connectivity index (χ2n) is 4.42. The molecule has 92 valence electrons. The topological polar surface area (TPSA) is 0 Å². The summed E-state index contributed by atoms with van der Waals surface area (Å²) in [6, 6.07) is 27.5. The predicted molar refractivity (Wildman–Crippen MR) is 85.0 cm³/mol. The van der Waals surface area contributed by atoms with Crippen LogP contribution in [0.2, 0.25) is 0 Å². The van der Waals surface area contributed by atoms with Crippen molar-refractivity contribution >= 4 is 15.9 Å². The molecule has 0 saturated heterocycles. The molecular weight excluding hydrogens is 296 g/mol. The molecule has 1 heteroatoms. The van der Waals surface area contributed by atoms with Gasteiger partial charge in [-0.15, -0.1) is 0 Å². The molecule has 3 rings (SSSR count). The molecule has 0 N–H and O–H groups in total. The van der Waals surface area contributed by atoms with Crippen molar-refractivity contribution in [1.29, 1.82) is 0 Å². The van der Waals surface area contributed by atoms with Gasteiger partial charge in [0.25, 0.3) is 0 Å². The maximum Gasteiger partial charge on any atom is 0.0175 e. The molecule has 0 aliphatic heterocycles. The smallest absolute Gasteiger partial charge is 0.0175 e. The maximum absolute atomic E-state index is 3.48. The van der Waals surface area contributed by atoms with Gasteiger partial charge in [0.05, 0.1) is 0 Å². The summed E-state index contributed by atoms with van der Waals surface area (Å²) < 4.78 is 1.11. The first kappa shape index (κ1) is 12.2. The number of hydrogen-bond donors (Lipinski definition) is 0. The molecule has 3 aromatic carbocycles. The van der Waals surface area contributed by atoms with Gasteiger partial charge in [0.1, 0.15) is 0 Å². The lowest BCUT2D eigenvalue weighted by Gasteiger charge is -2.10. The van der Waals surface area contributed by atoms with Crippen molar-refractivity contribution in [1.82, 2.24) is 0 Å². The van der Waals surface area contributed by atoms with E-state index in [2.05, 4.69) is 88.7 Å². The first-order valence-corrected chi connectivity index (χ1v) is 7.04. The first-order chi connectivity index (χ1) is 9.34. The summed E-state index contributed by atoms with van der Waals surface area (Å²) in [7, 11) is 0. The van der Waals surface area contributed by atoms with Gasteiger partial charge >= 0.3 is 0 Å². The van der Waals surface area contributed by atoms with E-state index in [-0.39, 0.29) is 0 Å². The van der Waals surface area contributed by atoms with Gasteiger partial charge in [0, 0.05) is 4.47 Å². The zero-order valence-electron chi connectivity index (χ0n) is 10.4. The number of halogens is 1. The Morgan fingerprint density at radius 3 is 1.53 bits per heavy atom. The highest BCUT2D eigenvalue weighted by Crippen LogP contribution is 2.32. The van der Waals surface area contributed by atoms with Crippen LogP contribution in [0.3, 0.4) is 0 Å². The van der Waals surface area contributed by atoms with Crippen LogP contribution in [0.5, 0.6) is 0 Å². The van der Waals surface area contributed by atoms with Crippen molar-refractivity contribution in [2.45, 2.75) is 0 Å². The van der Waals surface area contributed by atoms with E-state index in [4.69, 9.17) is 0 Å². The number of rotatable bonds is 2. The minimum atomic E-state index is 1.11. The van der Waals surface area contributed by atoms with Crippen LogP contribution in [-0.4, -0.2) is 0 Å². The molecule has 0 bridgehead atoms. The molecule has 0 aliphatic carbocycles. The van der Waals surface area contributed by atoms with Gasteiger partial charge in [-0.3, -0.25) is 0 Å². The van der Waals surface area contributed by atoms with Crippen LogP contribution < -0.4 is 0 Å². The summed E-state index contributed by atoms with van der Waals surface area (Å²) in [5.41, 5.74) is 5.02. The van der Waals surface area contributed by atoms with E-state index in [0.717, 1.165) is 4.47 Å². The summed E-state index contributed by atoms with van der Waals surface area (Å²) in [4.78, 5) is 0. The average Bonchev–Trinajstić information content (AvgIpc) is 2.49. The molecule has 0 fully saturated rings. The van der Waals surface area contributed by atoms with Gasteiger partial charge in [-0.05, 0) is 34.4 Å². The largest absolute Gasteiger partial charge is 0.0622 e. The highest BCUT2D eigenvalue weighted by Gasteiger charge is 2.05. The fraction of sp³-hybridized carbons (Fsp3) is 0. The van der Waals surface area contributed by atoms with Gasteiger partial charge in [0.2, 0.25) is 0 Å². The van der Waals surface area contributed by atoms with E-state index < -0.39 is 0 Å². The molecule has 19 heavy (non-hydrogen) atoms. The predicted octanol–water partition coefficient (Wildman–Crippen LogP) is 5.78. The quantitative estimate of drug-likeness (QED) is 0.562. The third-order valence-electron chi connectivity index (χ3n) is 3.17. The Kier molecular flexibility index (Phi) is 3.47. The zero-order chi connectivity index (χ0) is 13.1. The van der Waals surface area contributed by atoms with Crippen LogP contribution in [0.15, 0.2) is 83.3 Å². The summed E-state index contributed by atoms with van der Waals surface area (Å²) in [5.74, 6) is 0. The van der Waals surface area contributed by atoms with Gasteiger partial charge in [0.15, 0.2) is 0 Å². The Morgan fingerprint density at radius 2 is 0.947 bits per heavy atom. The fourth-order valence-electron chi connectivity index (χ4n) is 2.23. The lowest BCUT2D eigenvalue weighted by atomic mass is 9.95. The fourth-order valence-corrected chi connectivity index (χ4v) is 2.50. The summed E-state index contributed by atoms with van der Waals surface area (Å²) >= 11 is 3.48. The van der Waals surface area contributed by atoms with Crippen LogP contribution in [-0.2, 0) is 0 Å². The lowest BCUT2D eigenvalue weighted by molar-refractivity contribution is 1.57. The van der Waals surface area contributed by atoms with E-state index >= 15 is 0 Å². The van der Waals surface area contributed by atoms with Crippen molar-refractivity contribution in [2.24, 2.45) is 0 Å². The summed E-state index contributed by atoms with van der Waals surface area (Å²) in [5, 5.41) is 0. The molecule has 0 spiro atoms. The van der Waals surface area contributed by atoms with Crippen molar-refractivity contribution in [3.8, 4) is 22.3 Å². The molecule has 0 aliphatic rings. The number of hydrogen-bond acceptors (Lipinski definition) is 0. The Morgan fingerprint density at radius 1 is 0.474 bits per heavy atom. The van der Waals surface area contributed by atoms with Crippen LogP contribution in [0.4, 0.5) is 0 Å². The molecule has 0 aromatic heterocycles. The van der Waals surface area contributed by atoms with E-state index in [1.807, 2.05) is 6.07 Å². The molecule has 0 saturated carbocycles. The Bertz CT molecular complexity index is 670. The van der Waals surface area contributed by atoms with Gasteiger partial charge in [-0.25, -0.2) is 0 Å². The molecular formula is C18H13Br. The molecule has 0 unspecified atom stereocenters. The second-order valence-corrected chi connectivity index (χ2v) is 5.33. The van der Waals surface area contributed by atoms with Crippen molar-refractivity contribution in [3.63, 3.8) is 0 Å². The van der Waals surface area contributed by atoms with Crippen molar-refractivity contribution in [2.75, 3.05) is 0 Å². The highest BCUT2D eigenvalue weighted by atomic mass is 79.9. The standard InChI is InChI=1S/C18H13Br/c19-16-12-10-15(11-13-16)18-9-5-4-8-17(18)14-6-2-1-3-7-14/h1-13H. The van der Waals surface area contributed by atoms with Gasteiger partial charge in [-0.1, -0.05) is 82.7 Å². The SMILES string of the molecule is Brc1ccc(-c2ccccc2-c2ccccc2)cc1. The Labute approximate surface area is 121 Å². The lowest BCUT2D eigenvalue weighted by Crippen LogP contribution is -1.84. The monoisotopic (exact) mass is 308 g/mol. The Balaban J connectivity index is 2.15. The normalized spacial score (nSPS) is 10.4. The van der Waals surface area contributed by atoms with Crippen LogP contribution >= 0.6 is 15.9 Å². The van der Waals surface area contributed by atoms with Crippen molar-refractivity contribution in [3.05, 3.63) is 83.3 Å². The average molecular weight is 309 g/mol. The van der Waals surface area contributed by atoms with Crippen LogP contribution in [0.25, 0.3) is 22.3 Å². The molecule has 3 aromatic rings. The molecule has 0 heterocycles. The second kappa shape index (κ2) is 5.41. The van der Waals surface area contributed by atoms with E-state index in [1.54, 1.807) is 0 Å². The highest BCUT2D eigenvalue weighted by molar-refractivity contribution is 9.10. The van der Waals surface area contributed by atoms with E-state index in [0.29, 0.717) is 0 Å². The van der Waals surface area contributed by atoms with Crippen LogP contribution in [0.1, 0.15) is 0 Å². The zero-order valence-corrected chi connectivity index (χ0v) is 12.0. The molecule has 0 radical (unpaired) electrons. The van der Waals surface area contributed by atoms with E-state index in [9.17, 15) is 0 Å². The number of benzene rings is 3. The third-order valence-corrected chi connectivity index (χ3v) is 3.70. The minimum absolute atomic E-state index is 1.11. The third kappa shape index (κ3) is 2.61. The van der Waals surface area contributed by atoms with Gasteiger partial charge in [-0.2, -0.15) is 0 Å². The first-order valence-electron chi connectivity index (χ1n) is 6.25. The van der Waals surface area contributed by atoms with E-state index in [1.165, 1.54) is 22.3 Å². The maximum atomic E-state index is 3.48. The van der Waals surface area contributed by atoms with Crippen molar-refractivity contribution < 1.29 is 0 Å². The molecule has 0 nitrogen and oxygen atoms in total. The van der Waals surface area contributed by atoms with Crippen LogP contribution in [0, 0.1) is 0 Å². The minimum Gasteiger partial charge on any atom is -0.0622 e.